The van der Waals surface area contributed by atoms with Crippen molar-refractivity contribution in [3.05, 3.63) is 0 Å². The van der Waals surface area contributed by atoms with Crippen LogP contribution >= 0.6 is 0 Å². The zero-order valence-corrected chi connectivity index (χ0v) is 11.8. The first-order valence-electron chi connectivity index (χ1n) is 7.33. The molecule has 3 unspecified atom stereocenters. The molecular formula is C14H30N2O. The van der Waals surface area contributed by atoms with Crippen LogP contribution in [0.2, 0.25) is 0 Å². The molecule has 102 valence electrons. The Hall–Kier alpha value is -0.120. The lowest BCUT2D eigenvalue weighted by atomic mass is 9.89. The van der Waals surface area contributed by atoms with Crippen molar-refractivity contribution in [2.45, 2.75) is 58.6 Å². The quantitative estimate of drug-likeness (QED) is 0.715. The standard InChI is InChI=1S/C14H30N2O/c1-4-7-16-10-12(9-14(17)5-2)8-13(11-16)15-6-3/h12-15,17H,4-11H2,1-3H3. The molecule has 17 heavy (non-hydrogen) atoms. The van der Waals surface area contributed by atoms with Crippen LogP contribution in [0.5, 0.6) is 0 Å². The summed E-state index contributed by atoms with van der Waals surface area (Å²) in [6.07, 6.45) is 4.20. The zero-order chi connectivity index (χ0) is 12.7. The normalized spacial score (nSPS) is 28.2. The van der Waals surface area contributed by atoms with Crippen molar-refractivity contribution in [1.29, 1.82) is 0 Å². The molecule has 3 nitrogen and oxygen atoms in total. The minimum atomic E-state index is -0.108. The Kier molecular flexibility index (Phi) is 7.09. The van der Waals surface area contributed by atoms with Gasteiger partial charge in [0.2, 0.25) is 0 Å². The van der Waals surface area contributed by atoms with E-state index in [1.54, 1.807) is 0 Å². The van der Waals surface area contributed by atoms with Crippen molar-refractivity contribution in [1.82, 2.24) is 10.2 Å². The van der Waals surface area contributed by atoms with Crippen LogP contribution in [-0.2, 0) is 0 Å². The number of hydrogen-bond donors (Lipinski definition) is 2. The van der Waals surface area contributed by atoms with Crippen molar-refractivity contribution in [3.8, 4) is 0 Å². The number of aliphatic hydroxyl groups is 1. The molecule has 0 amide bonds. The Morgan fingerprint density at radius 2 is 2.06 bits per heavy atom. The molecule has 0 radical (unpaired) electrons. The van der Waals surface area contributed by atoms with Crippen LogP contribution in [0.15, 0.2) is 0 Å². The van der Waals surface area contributed by atoms with Crippen molar-refractivity contribution < 1.29 is 5.11 Å². The highest BCUT2D eigenvalue weighted by Gasteiger charge is 2.27. The van der Waals surface area contributed by atoms with E-state index in [0.29, 0.717) is 12.0 Å². The molecule has 1 rings (SSSR count). The predicted octanol–water partition coefficient (Wildman–Crippen LogP) is 1.86. The molecule has 0 aromatic heterocycles. The summed E-state index contributed by atoms with van der Waals surface area (Å²) in [4.78, 5) is 2.56. The average molecular weight is 242 g/mol. The minimum Gasteiger partial charge on any atom is -0.393 e. The molecule has 1 fully saturated rings. The Balaban J connectivity index is 2.45. The van der Waals surface area contributed by atoms with E-state index in [-0.39, 0.29) is 6.10 Å². The van der Waals surface area contributed by atoms with Gasteiger partial charge in [0.15, 0.2) is 0 Å². The van der Waals surface area contributed by atoms with Crippen LogP contribution in [-0.4, -0.2) is 48.3 Å². The zero-order valence-electron chi connectivity index (χ0n) is 11.8. The minimum absolute atomic E-state index is 0.108. The lowest BCUT2D eigenvalue weighted by Gasteiger charge is -2.38. The number of nitrogens with zero attached hydrogens (tertiary/aromatic N) is 1. The fourth-order valence-electron chi connectivity index (χ4n) is 2.96. The fraction of sp³-hybridized carbons (Fsp3) is 1.00. The summed E-state index contributed by atoms with van der Waals surface area (Å²) in [6, 6.07) is 0.620. The van der Waals surface area contributed by atoms with E-state index >= 15 is 0 Å². The molecule has 0 aromatic rings. The van der Waals surface area contributed by atoms with Crippen molar-refractivity contribution >= 4 is 0 Å². The fourth-order valence-corrected chi connectivity index (χ4v) is 2.96. The molecule has 1 aliphatic rings. The van der Waals surface area contributed by atoms with E-state index in [4.69, 9.17) is 0 Å². The van der Waals surface area contributed by atoms with E-state index < -0.39 is 0 Å². The van der Waals surface area contributed by atoms with Crippen molar-refractivity contribution in [3.63, 3.8) is 0 Å². The largest absolute Gasteiger partial charge is 0.393 e. The molecule has 0 bridgehead atoms. The first-order valence-corrected chi connectivity index (χ1v) is 7.33. The monoisotopic (exact) mass is 242 g/mol. The second-order valence-corrected chi connectivity index (χ2v) is 5.41. The third-order valence-corrected chi connectivity index (χ3v) is 3.72. The van der Waals surface area contributed by atoms with Crippen LogP contribution in [0.1, 0.15) is 46.5 Å². The maximum absolute atomic E-state index is 9.80. The first-order chi connectivity index (χ1) is 8.19. The number of likely N-dealkylation sites (tertiary alicyclic amines) is 1. The second-order valence-electron chi connectivity index (χ2n) is 5.41. The van der Waals surface area contributed by atoms with Gasteiger partial charge in [0, 0.05) is 19.1 Å². The molecule has 2 N–H and O–H groups in total. The third kappa shape index (κ3) is 5.36. The number of likely N-dealkylation sites (N-methyl/N-ethyl adjacent to an activating group) is 1. The number of hydrogen-bond acceptors (Lipinski definition) is 3. The first kappa shape index (κ1) is 14.9. The lowest BCUT2D eigenvalue weighted by molar-refractivity contribution is 0.0843. The summed E-state index contributed by atoms with van der Waals surface area (Å²) in [5, 5.41) is 13.4. The van der Waals surface area contributed by atoms with Crippen LogP contribution in [0.3, 0.4) is 0 Å². The SMILES string of the molecule is CCCN1CC(CC(O)CC)CC(NCC)C1. The smallest absolute Gasteiger partial charge is 0.0540 e. The van der Waals surface area contributed by atoms with Crippen molar-refractivity contribution in [2.24, 2.45) is 5.92 Å². The van der Waals surface area contributed by atoms with Crippen LogP contribution in [0, 0.1) is 5.92 Å². The molecule has 1 saturated heterocycles. The Bertz CT molecular complexity index is 185. The number of rotatable bonds is 7. The Morgan fingerprint density at radius 1 is 1.29 bits per heavy atom. The predicted molar refractivity (Wildman–Crippen MR) is 73.2 cm³/mol. The maximum atomic E-state index is 9.80. The number of aliphatic hydroxyl groups excluding tert-OH is 1. The van der Waals surface area contributed by atoms with Crippen LogP contribution in [0.25, 0.3) is 0 Å². The molecular weight excluding hydrogens is 212 g/mol. The highest BCUT2D eigenvalue weighted by atomic mass is 16.3. The van der Waals surface area contributed by atoms with Crippen LogP contribution in [0.4, 0.5) is 0 Å². The van der Waals surface area contributed by atoms with E-state index in [2.05, 4.69) is 31.0 Å². The molecule has 0 aliphatic carbocycles. The number of nitrogens with one attached hydrogen (secondary N) is 1. The van der Waals surface area contributed by atoms with Gasteiger partial charge < -0.3 is 15.3 Å². The highest BCUT2D eigenvalue weighted by Crippen LogP contribution is 2.22. The van der Waals surface area contributed by atoms with Crippen molar-refractivity contribution in [2.75, 3.05) is 26.2 Å². The lowest BCUT2D eigenvalue weighted by Crippen LogP contribution is -2.49. The summed E-state index contributed by atoms with van der Waals surface area (Å²) >= 11 is 0. The van der Waals surface area contributed by atoms with Gasteiger partial charge >= 0.3 is 0 Å². The molecule has 1 heterocycles. The molecule has 1 aliphatic heterocycles. The molecule has 0 spiro atoms. The van der Waals surface area contributed by atoms with Gasteiger partial charge in [-0.1, -0.05) is 20.8 Å². The number of piperidine rings is 1. The van der Waals surface area contributed by atoms with Gasteiger partial charge in [-0.15, -0.1) is 0 Å². The van der Waals surface area contributed by atoms with Gasteiger partial charge in [0.05, 0.1) is 6.10 Å². The summed E-state index contributed by atoms with van der Waals surface area (Å²) in [5.41, 5.74) is 0. The van der Waals surface area contributed by atoms with Crippen LogP contribution < -0.4 is 5.32 Å². The maximum Gasteiger partial charge on any atom is 0.0540 e. The molecule has 0 aromatic carbocycles. The molecule has 3 heteroatoms. The Labute approximate surface area is 107 Å². The van der Waals surface area contributed by atoms with E-state index in [1.165, 1.54) is 32.5 Å². The van der Waals surface area contributed by atoms with Gasteiger partial charge in [0.1, 0.15) is 0 Å². The molecule has 0 saturated carbocycles. The summed E-state index contributed by atoms with van der Waals surface area (Å²) in [7, 11) is 0. The van der Waals surface area contributed by atoms with E-state index in [0.717, 1.165) is 19.4 Å². The van der Waals surface area contributed by atoms with Gasteiger partial charge in [-0.25, -0.2) is 0 Å². The van der Waals surface area contributed by atoms with Gasteiger partial charge in [-0.05, 0) is 44.7 Å². The summed E-state index contributed by atoms with van der Waals surface area (Å²) in [6.45, 7) is 11.1. The second kappa shape index (κ2) is 8.06. The average Bonchev–Trinajstić information content (AvgIpc) is 2.29. The van der Waals surface area contributed by atoms with Gasteiger partial charge in [0.25, 0.3) is 0 Å². The third-order valence-electron chi connectivity index (χ3n) is 3.72. The van der Waals surface area contributed by atoms with E-state index in [9.17, 15) is 5.11 Å². The summed E-state index contributed by atoms with van der Waals surface area (Å²) < 4.78 is 0. The topological polar surface area (TPSA) is 35.5 Å². The van der Waals surface area contributed by atoms with Gasteiger partial charge in [-0.2, -0.15) is 0 Å². The molecule has 3 atom stereocenters. The Morgan fingerprint density at radius 3 is 2.65 bits per heavy atom. The van der Waals surface area contributed by atoms with E-state index in [1.807, 2.05) is 0 Å². The van der Waals surface area contributed by atoms with Gasteiger partial charge in [-0.3, -0.25) is 0 Å². The highest BCUT2D eigenvalue weighted by molar-refractivity contribution is 4.84. The summed E-state index contributed by atoms with van der Waals surface area (Å²) in [5.74, 6) is 0.661.